The minimum Gasteiger partial charge on any atom is -0.744 e. The van der Waals surface area contributed by atoms with Crippen molar-refractivity contribution in [3.63, 3.8) is 0 Å². The van der Waals surface area contributed by atoms with Crippen LogP contribution in [-0.2, 0) is 60.7 Å². The van der Waals surface area contributed by atoms with E-state index in [0.29, 0.717) is 17.1 Å². The van der Waals surface area contributed by atoms with Crippen molar-refractivity contribution >= 4 is 144 Å². The third-order valence-corrected chi connectivity index (χ3v) is 16.3. The molecule has 0 amide bonds. The topological polar surface area (TPSA) is 548 Å². The number of hydrogen-bond acceptors (Lipinski definition) is 27. The van der Waals surface area contributed by atoms with E-state index in [9.17, 15) is 93.1 Å². The van der Waals surface area contributed by atoms with Crippen LogP contribution in [0.3, 0.4) is 0 Å². The van der Waals surface area contributed by atoms with Gasteiger partial charge in [-0.2, -0.15) is 40.6 Å². The molecule has 12 N–H and O–H groups in total. The molecule has 9 rings (SSSR count). The molecule has 438 valence electrons. The zero-order valence-corrected chi connectivity index (χ0v) is 55.4. The monoisotopic (exact) mass is 1340 g/mol. The van der Waals surface area contributed by atoms with Gasteiger partial charge in [-0.15, -0.1) is 15.3 Å². The van der Waals surface area contributed by atoms with Crippen LogP contribution >= 0.6 is 0 Å². The zero-order chi connectivity index (χ0) is 62.1. The van der Waals surface area contributed by atoms with Crippen molar-refractivity contribution in [3.8, 4) is 17.2 Å². The van der Waals surface area contributed by atoms with Gasteiger partial charge in [-0.05, 0) is 107 Å². The van der Waals surface area contributed by atoms with Gasteiger partial charge in [0, 0.05) is 33.2 Å². The number of phenols is 3. The maximum absolute atomic E-state index is 11.7. The van der Waals surface area contributed by atoms with Crippen molar-refractivity contribution in [3.05, 3.63) is 146 Å². The summed E-state index contributed by atoms with van der Waals surface area (Å²) in [6.07, 6.45) is 0. The van der Waals surface area contributed by atoms with Gasteiger partial charge in [-0.25, -0.2) is 25.3 Å². The number of benzene rings is 9. The maximum Gasteiger partial charge on any atom is 1.00 e. The molecule has 0 heterocycles. The molecule has 0 atom stereocenters. The molecular weight excluding hydrogens is 1300 g/mol. The van der Waals surface area contributed by atoms with Crippen molar-refractivity contribution in [2.45, 2.75) is 29.4 Å². The fraction of sp³-hybridized carbons (Fsp3) is 0. The van der Waals surface area contributed by atoms with Gasteiger partial charge in [0.05, 0.1) is 46.4 Å². The Morgan fingerprint density at radius 2 is 0.529 bits per heavy atom. The zero-order valence-electron chi connectivity index (χ0n) is 44.5. The first-order valence-electron chi connectivity index (χ1n) is 22.4. The molecule has 0 bridgehead atoms. The van der Waals surface area contributed by atoms with E-state index in [0.717, 1.165) is 54.6 Å². The first kappa shape index (κ1) is 73.3. The van der Waals surface area contributed by atoms with Crippen LogP contribution in [0.2, 0.25) is 0 Å². The third-order valence-electron chi connectivity index (χ3n) is 11.2. The molecule has 0 aliphatic heterocycles. The first-order valence-corrected chi connectivity index (χ1v) is 31.0. The van der Waals surface area contributed by atoms with E-state index in [1.165, 1.54) is 0 Å². The van der Waals surface area contributed by atoms with E-state index in [2.05, 4.69) is 30.7 Å². The Morgan fingerprint density at radius 1 is 0.322 bits per heavy atom. The Balaban J connectivity index is 0.000000275. The van der Waals surface area contributed by atoms with E-state index < -0.39 is 124 Å². The van der Waals surface area contributed by atoms with Crippen LogP contribution in [0.1, 0.15) is 0 Å². The van der Waals surface area contributed by atoms with Gasteiger partial charge in [-0.1, -0.05) is 54.6 Å². The number of anilines is 3. The molecule has 9 aromatic carbocycles. The van der Waals surface area contributed by atoms with Crippen molar-refractivity contribution in [1.82, 2.24) is 0 Å². The van der Waals surface area contributed by atoms with Crippen LogP contribution in [0.4, 0.5) is 51.2 Å². The fourth-order valence-corrected chi connectivity index (χ4v) is 11.2. The van der Waals surface area contributed by atoms with Gasteiger partial charge in [-0.3, -0.25) is 13.7 Å². The second kappa shape index (κ2) is 28.5. The number of phenolic OH excluding ortho intramolecular Hbond substituents is 3. The predicted octanol–water partition coefficient (Wildman–Crippen LogP) is -0.907. The van der Waals surface area contributed by atoms with Gasteiger partial charge in [0.15, 0.2) is 17.2 Å². The van der Waals surface area contributed by atoms with Crippen LogP contribution in [0.15, 0.2) is 206 Å². The number of hydrogen-bond donors (Lipinski definition) is 9. The SMILES string of the molecule is Nc1cc(S(=O)(=O)O)cc2cc(S(=O)(=O)[O-])c(N=Nc3ccccc3)c(O)c12.Nc1cc(S(=O)(=O)O)cc2cc(S(=O)(=O)[O-])c(N=Nc3ccccc3)c(O)c12.Nc1cc(S(=O)(=O)O)cc2cc(S(=O)(=O)[O-])c(N=Nc3ccccc3)c(O)c12.[Na+].[Na+].[Na+]. The number of nitrogens with two attached hydrogens (primary N) is 3. The Morgan fingerprint density at radius 3 is 0.713 bits per heavy atom. The van der Waals surface area contributed by atoms with E-state index in [-0.39, 0.29) is 138 Å². The third kappa shape index (κ3) is 17.8. The quantitative estimate of drug-likeness (QED) is 0.0309. The minimum atomic E-state index is -5.13. The summed E-state index contributed by atoms with van der Waals surface area (Å²) in [5.41, 5.74) is 15.5. The molecule has 39 heteroatoms. The summed E-state index contributed by atoms with van der Waals surface area (Å²) in [6, 6.07) is 32.0. The molecule has 0 unspecified atom stereocenters. The molecule has 87 heavy (non-hydrogen) atoms. The summed E-state index contributed by atoms with van der Waals surface area (Å²) in [7, 11) is -29.4. The number of nitrogen functional groups attached to an aromatic ring is 3. The van der Waals surface area contributed by atoms with Crippen molar-refractivity contribution in [2.24, 2.45) is 30.7 Å². The Kier molecular flexibility index (Phi) is 24.0. The molecular formula is C48H36N9Na3O21S6. The average Bonchev–Trinajstić information content (AvgIpc) is 0.839. The van der Waals surface area contributed by atoms with Crippen molar-refractivity contribution < 1.29 is 182 Å². The molecule has 0 aromatic heterocycles. The van der Waals surface area contributed by atoms with Gasteiger partial charge in [0.2, 0.25) is 0 Å². The molecule has 0 radical (unpaired) electrons. The molecule has 30 nitrogen and oxygen atoms in total. The van der Waals surface area contributed by atoms with E-state index in [1.54, 1.807) is 91.0 Å². The molecule has 0 aliphatic carbocycles. The molecule has 9 aromatic rings. The van der Waals surface area contributed by atoms with Crippen LogP contribution in [-0.4, -0.2) is 93.1 Å². The Labute approximate surface area is 560 Å². The van der Waals surface area contributed by atoms with Gasteiger partial charge in [0.25, 0.3) is 30.4 Å². The van der Waals surface area contributed by atoms with Crippen LogP contribution in [0.25, 0.3) is 32.3 Å². The van der Waals surface area contributed by atoms with Crippen molar-refractivity contribution in [1.29, 1.82) is 0 Å². The number of rotatable bonds is 12. The Bertz CT molecular complexity index is 4470. The second-order valence-electron chi connectivity index (χ2n) is 16.9. The fourth-order valence-electron chi connectivity index (χ4n) is 7.59. The number of azo groups is 3. The standard InChI is InChI=1S/3C16H13N3O7S2.3Na/c3*17-12-8-11(27(21,22)23)6-9-7-13(28(24,25)26)15(16(20)14(9)12)19-18-10-4-2-1-3-5-10;;;/h3*1-8,20H,17H2,(H,21,22,23)(H,24,25,26);;;/q;;;3*+1/p-3. The summed E-state index contributed by atoms with van der Waals surface area (Å²) < 4.78 is 201. The normalized spacial score (nSPS) is 12.2. The summed E-state index contributed by atoms with van der Waals surface area (Å²) >= 11 is 0. The molecule has 0 aliphatic rings. The van der Waals surface area contributed by atoms with Gasteiger partial charge < -0.3 is 46.2 Å². The summed E-state index contributed by atoms with van der Waals surface area (Å²) in [4.78, 5) is -4.68. The maximum atomic E-state index is 11.7. The predicted molar refractivity (Wildman–Crippen MR) is 295 cm³/mol. The Hall–Kier alpha value is -6.18. The molecule has 0 fully saturated rings. The van der Waals surface area contributed by atoms with E-state index in [1.807, 2.05) is 0 Å². The van der Waals surface area contributed by atoms with Crippen LogP contribution in [0.5, 0.6) is 17.2 Å². The van der Waals surface area contributed by atoms with Crippen LogP contribution in [0, 0.1) is 0 Å². The van der Waals surface area contributed by atoms with Crippen LogP contribution < -0.4 is 106 Å². The first-order chi connectivity index (χ1) is 38.9. The second-order valence-corrected chi connectivity index (χ2v) is 25.3. The number of fused-ring (bicyclic) bond motifs is 3. The molecule has 0 saturated carbocycles. The van der Waals surface area contributed by atoms with Gasteiger partial charge >= 0.3 is 88.7 Å². The number of aromatic hydroxyl groups is 3. The van der Waals surface area contributed by atoms with E-state index in [4.69, 9.17) is 17.2 Å². The molecule has 0 spiro atoms. The largest absolute Gasteiger partial charge is 1.00 e. The number of nitrogens with zero attached hydrogens (tertiary/aromatic N) is 6. The van der Waals surface area contributed by atoms with Crippen molar-refractivity contribution in [2.75, 3.05) is 17.2 Å². The summed E-state index contributed by atoms with van der Waals surface area (Å²) in [6.45, 7) is 0. The summed E-state index contributed by atoms with van der Waals surface area (Å²) in [5.74, 6) is -2.32. The minimum absolute atomic E-state index is 0. The summed E-state index contributed by atoms with van der Waals surface area (Å²) in [5, 5.41) is 52.9. The van der Waals surface area contributed by atoms with Gasteiger partial charge in [0.1, 0.15) is 47.4 Å². The smallest absolute Gasteiger partial charge is 0.744 e. The average molecular weight is 1340 g/mol. The van der Waals surface area contributed by atoms with E-state index >= 15 is 0 Å². The molecule has 0 saturated heterocycles.